The molecule has 0 radical (unpaired) electrons. The van der Waals surface area contributed by atoms with Crippen molar-refractivity contribution in [2.45, 2.75) is 6.92 Å². The molecule has 0 aromatic carbocycles. The molecule has 0 atom stereocenters. The highest BCUT2D eigenvalue weighted by molar-refractivity contribution is 5.87. The second-order valence-corrected chi connectivity index (χ2v) is 1.51. The van der Waals surface area contributed by atoms with Crippen molar-refractivity contribution < 1.29 is 9.53 Å². The van der Waals surface area contributed by atoms with Crippen LogP contribution in [0.3, 0.4) is 0 Å². The van der Waals surface area contributed by atoms with Crippen LogP contribution in [-0.4, -0.2) is 5.97 Å². The number of hydrogen-bond donors (Lipinski definition) is 1. The summed E-state index contributed by atoms with van der Waals surface area (Å²) < 4.78 is 4.41. The van der Waals surface area contributed by atoms with Crippen LogP contribution in [0.15, 0.2) is 24.6 Å². The van der Waals surface area contributed by atoms with Crippen LogP contribution in [0.2, 0.25) is 0 Å². The van der Waals surface area contributed by atoms with Crippen LogP contribution in [0.4, 0.5) is 0 Å². The van der Waals surface area contributed by atoms with Gasteiger partial charge in [-0.05, 0) is 6.92 Å². The van der Waals surface area contributed by atoms with Gasteiger partial charge < -0.3 is 10.5 Å². The van der Waals surface area contributed by atoms with Crippen molar-refractivity contribution in [1.29, 1.82) is 0 Å². The maximum Gasteiger partial charge on any atom is 0.337 e. The summed E-state index contributed by atoms with van der Waals surface area (Å²) in [7, 11) is 0. The van der Waals surface area contributed by atoms with E-state index in [0.717, 1.165) is 12.5 Å². The van der Waals surface area contributed by atoms with Crippen molar-refractivity contribution in [3.63, 3.8) is 0 Å². The maximum atomic E-state index is 10.5. The van der Waals surface area contributed by atoms with Crippen molar-refractivity contribution >= 4 is 5.97 Å². The third-order valence-corrected chi connectivity index (χ3v) is 0.602. The summed E-state index contributed by atoms with van der Waals surface area (Å²) in [6, 6.07) is 0. The average Bonchev–Trinajstić information content (AvgIpc) is 1.82. The van der Waals surface area contributed by atoms with Gasteiger partial charge in [0.25, 0.3) is 0 Å². The minimum Gasteiger partial charge on any atom is -0.430 e. The molecule has 0 aromatic rings. The van der Waals surface area contributed by atoms with Gasteiger partial charge in [-0.25, -0.2) is 4.79 Å². The predicted octanol–water partition coefficient (Wildman–Crippen LogP) is 0.536. The zero-order chi connectivity index (χ0) is 7.28. The number of nitrogens with two attached hydrogens (primary N) is 1. The van der Waals surface area contributed by atoms with Crippen LogP contribution in [-0.2, 0) is 9.53 Å². The molecule has 9 heavy (non-hydrogen) atoms. The van der Waals surface area contributed by atoms with Crippen molar-refractivity contribution in [3.8, 4) is 0 Å². The van der Waals surface area contributed by atoms with E-state index < -0.39 is 5.97 Å². The van der Waals surface area contributed by atoms with Crippen LogP contribution in [0.5, 0.6) is 0 Å². The molecule has 0 amide bonds. The molecular formula is C6H9NO2. The second kappa shape index (κ2) is 3.72. The molecule has 0 saturated carbocycles. The number of hydrogen-bond acceptors (Lipinski definition) is 3. The minimum atomic E-state index is -0.461. The van der Waals surface area contributed by atoms with Crippen LogP contribution in [0.25, 0.3) is 0 Å². The molecule has 3 nitrogen and oxygen atoms in total. The van der Waals surface area contributed by atoms with Gasteiger partial charge in [-0.3, -0.25) is 0 Å². The fraction of sp³-hybridized carbons (Fsp3) is 0.167. The zero-order valence-electron chi connectivity index (χ0n) is 5.26. The Hall–Kier alpha value is -1.25. The van der Waals surface area contributed by atoms with Crippen molar-refractivity contribution in [1.82, 2.24) is 0 Å². The van der Waals surface area contributed by atoms with E-state index in [0.29, 0.717) is 5.57 Å². The van der Waals surface area contributed by atoms with Crippen LogP contribution >= 0.6 is 0 Å². The fourth-order valence-corrected chi connectivity index (χ4v) is 0.202. The van der Waals surface area contributed by atoms with E-state index in [1.807, 2.05) is 0 Å². The zero-order valence-corrected chi connectivity index (χ0v) is 5.26. The Morgan fingerprint density at radius 3 is 2.67 bits per heavy atom. The molecule has 0 aromatic heterocycles. The Morgan fingerprint density at radius 2 is 2.33 bits per heavy atom. The lowest BCUT2D eigenvalue weighted by Crippen LogP contribution is -1.99. The van der Waals surface area contributed by atoms with Crippen LogP contribution in [0, 0.1) is 0 Å². The average molecular weight is 127 g/mol. The summed E-state index contributed by atoms with van der Waals surface area (Å²) in [5, 5.41) is 0. The summed E-state index contributed by atoms with van der Waals surface area (Å²) in [4.78, 5) is 10.5. The lowest BCUT2D eigenvalue weighted by molar-refractivity contribution is -0.133. The lowest BCUT2D eigenvalue weighted by Gasteiger charge is -1.93. The van der Waals surface area contributed by atoms with Gasteiger partial charge in [0.05, 0.1) is 0 Å². The number of carbonyl (C=O) groups is 1. The highest BCUT2D eigenvalue weighted by atomic mass is 16.5. The molecule has 0 rings (SSSR count). The van der Waals surface area contributed by atoms with E-state index in [2.05, 4.69) is 11.3 Å². The monoisotopic (exact) mass is 127 g/mol. The van der Waals surface area contributed by atoms with Gasteiger partial charge in [0, 0.05) is 11.8 Å². The normalized spacial score (nSPS) is 9.44. The van der Waals surface area contributed by atoms with Crippen molar-refractivity contribution in [3.05, 3.63) is 24.6 Å². The highest BCUT2D eigenvalue weighted by Gasteiger charge is 1.97. The number of esters is 1. The Bertz CT molecular complexity index is 149. The molecule has 50 valence electrons. The Labute approximate surface area is 53.8 Å². The molecule has 0 heterocycles. The molecule has 0 aliphatic carbocycles. The maximum absolute atomic E-state index is 10.5. The molecule has 0 unspecified atom stereocenters. The van der Waals surface area contributed by atoms with E-state index >= 15 is 0 Å². The van der Waals surface area contributed by atoms with Gasteiger partial charge >= 0.3 is 5.97 Å². The summed E-state index contributed by atoms with van der Waals surface area (Å²) in [6.45, 7) is 4.92. The largest absolute Gasteiger partial charge is 0.430 e. The van der Waals surface area contributed by atoms with E-state index in [4.69, 9.17) is 5.73 Å². The third-order valence-electron chi connectivity index (χ3n) is 0.602. The van der Waals surface area contributed by atoms with Crippen LogP contribution in [0.1, 0.15) is 6.92 Å². The number of carbonyl (C=O) groups excluding carboxylic acids is 1. The second-order valence-electron chi connectivity index (χ2n) is 1.51. The summed E-state index contributed by atoms with van der Waals surface area (Å²) >= 11 is 0. The molecule has 0 spiro atoms. The quantitative estimate of drug-likeness (QED) is 0.334. The molecule has 0 fully saturated rings. The fourth-order valence-electron chi connectivity index (χ4n) is 0.202. The van der Waals surface area contributed by atoms with Gasteiger partial charge in [0.15, 0.2) is 0 Å². The number of rotatable bonds is 2. The molecule has 3 heteroatoms. The van der Waals surface area contributed by atoms with E-state index in [9.17, 15) is 4.79 Å². The van der Waals surface area contributed by atoms with Gasteiger partial charge in [-0.2, -0.15) is 0 Å². The molecule has 0 saturated heterocycles. The van der Waals surface area contributed by atoms with Crippen molar-refractivity contribution in [2.75, 3.05) is 0 Å². The first-order valence-corrected chi connectivity index (χ1v) is 2.41. The van der Waals surface area contributed by atoms with Gasteiger partial charge in [-0.1, -0.05) is 6.58 Å². The Balaban J connectivity index is 3.65. The van der Waals surface area contributed by atoms with Gasteiger partial charge in [0.2, 0.25) is 0 Å². The molecule has 0 bridgehead atoms. The third kappa shape index (κ3) is 3.34. The number of ether oxygens (including phenoxy) is 1. The Kier molecular flexibility index (Phi) is 3.20. The lowest BCUT2D eigenvalue weighted by atomic mass is 10.4. The van der Waals surface area contributed by atoms with E-state index in [-0.39, 0.29) is 0 Å². The molecule has 0 aliphatic rings. The van der Waals surface area contributed by atoms with Gasteiger partial charge in [-0.15, -0.1) is 0 Å². The molecular weight excluding hydrogens is 118 g/mol. The highest BCUT2D eigenvalue weighted by Crippen LogP contribution is 1.90. The first-order valence-electron chi connectivity index (χ1n) is 2.41. The predicted molar refractivity (Wildman–Crippen MR) is 34.2 cm³/mol. The summed E-state index contributed by atoms with van der Waals surface area (Å²) in [5.41, 5.74) is 5.24. The first-order chi connectivity index (χ1) is 4.18. The van der Waals surface area contributed by atoms with E-state index in [1.54, 1.807) is 6.92 Å². The Morgan fingerprint density at radius 1 is 1.78 bits per heavy atom. The van der Waals surface area contributed by atoms with Crippen molar-refractivity contribution in [2.24, 2.45) is 5.73 Å². The van der Waals surface area contributed by atoms with E-state index in [1.165, 1.54) is 0 Å². The standard InChI is InChI=1S/C6H9NO2/c1-5(2)6(8)9-4-3-7/h3-4H,1,7H2,2H3. The topological polar surface area (TPSA) is 52.3 Å². The molecule has 0 aliphatic heterocycles. The SMILES string of the molecule is C=C(C)C(=O)OC=CN. The smallest absolute Gasteiger partial charge is 0.337 e. The minimum absolute atomic E-state index is 0.355. The molecule has 2 N–H and O–H groups in total. The van der Waals surface area contributed by atoms with Crippen LogP contribution < -0.4 is 5.73 Å². The summed E-state index contributed by atoms with van der Waals surface area (Å²) in [5.74, 6) is -0.461. The summed E-state index contributed by atoms with van der Waals surface area (Å²) in [6.07, 6.45) is 2.25. The van der Waals surface area contributed by atoms with Gasteiger partial charge in [0.1, 0.15) is 6.26 Å². The first kappa shape index (κ1) is 7.75.